The molecule has 0 radical (unpaired) electrons. The molecule has 126 valence electrons. The van der Waals surface area contributed by atoms with Gasteiger partial charge >= 0.3 is 0 Å². The van der Waals surface area contributed by atoms with E-state index in [0.717, 1.165) is 23.3 Å². The van der Waals surface area contributed by atoms with E-state index in [-0.39, 0.29) is 11.8 Å². The molecule has 2 unspecified atom stereocenters. The minimum absolute atomic E-state index is 0.0872. The molecular formula is C19H23N3OS. The molecule has 2 aliphatic rings. The van der Waals surface area contributed by atoms with Crippen molar-refractivity contribution in [2.24, 2.45) is 23.5 Å². The molecular weight excluding hydrogens is 318 g/mol. The molecule has 24 heavy (non-hydrogen) atoms. The zero-order valence-electron chi connectivity index (χ0n) is 13.7. The quantitative estimate of drug-likeness (QED) is 0.889. The van der Waals surface area contributed by atoms with E-state index in [1.54, 1.807) is 0 Å². The number of carbonyl (C=O) groups excluding carboxylic acids is 1. The lowest BCUT2D eigenvalue weighted by Gasteiger charge is -2.43. The molecule has 2 saturated carbocycles. The topological polar surface area (TPSA) is 68.0 Å². The van der Waals surface area contributed by atoms with Gasteiger partial charge in [0.2, 0.25) is 5.91 Å². The average molecular weight is 341 g/mol. The summed E-state index contributed by atoms with van der Waals surface area (Å²) >= 11 is 1.53. The number of nitrogens with two attached hydrogens (primary N) is 1. The first-order chi connectivity index (χ1) is 11.7. The van der Waals surface area contributed by atoms with Gasteiger partial charge in [-0.15, -0.1) is 0 Å². The summed E-state index contributed by atoms with van der Waals surface area (Å²) in [4.78, 5) is 18.1. The van der Waals surface area contributed by atoms with Gasteiger partial charge in [0.1, 0.15) is 0 Å². The van der Waals surface area contributed by atoms with Crippen LogP contribution in [-0.2, 0) is 4.79 Å². The van der Waals surface area contributed by atoms with Gasteiger partial charge in [0.25, 0.3) is 0 Å². The smallest absolute Gasteiger partial charge is 0.229 e. The zero-order valence-corrected chi connectivity index (χ0v) is 14.5. The van der Waals surface area contributed by atoms with Gasteiger partial charge in [-0.1, -0.05) is 48.1 Å². The predicted molar refractivity (Wildman–Crippen MR) is 97.7 cm³/mol. The number of thiazole rings is 1. The monoisotopic (exact) mass is 341 g/mol. The maximum absolute atomic E-state index is 12.7. The molecule has 4 nitrogen and oxygen atoms in total. The van der Waals surface area contributed by atoms with Crippen LogP contribution in [0.15, 0.2) is 36.5 Å². The molecule has 5 heteroatoms. The molecule has 2 atom stereocenters. The summed E-state index contributed by atoms with van der Waals surface area (Å²) in [6, 6.07) is 10.4. The van der Waals surface area contributed by atoms with Crippen molar-refractivity contribution in [2.75, 3.05) is 5.32 Å². The molecule has 1 amide bonds. The molecule has 2 bridgehead atoms. The van der Waals surface area contributed by atoms with Crippen molar-refractivity contribution in [2.45, 2.75) is 38.1 Å². The largest absolute Gasteiger partial charge is 0.327 e. The summed E-state index contributed by atoms with van der Waals surface area (Å²) < 4.78 is 0. The van der Waals surface area contributed by atoms with Crippen LogP contribution in [0.2, 0.25) is 0 Å². The highest BCUT2D eigenvalue weighted by Crippen LogP contribution is 2.42. The van der Waals surface area contributed by atoms with E-state index in [1.165, 1.54) is 30.6 Å². The molecule has 0 aliphatic heterocycles. The number of aromatic nitrogens is 1. The van der Waals surface area contributed by atoms with Crippen LogP contribution in [0.3, 0.4) is 0 Å². The number of hydrogen-bond acceptors (Lipinski definition) is 4. The number of amides is 1. The first kappa shape index (κ1) is 15.8. The van der Waals surface area contributed by atoms with E-state index in [2.05, 4.69) is 22.4 Å². The third-order valence-corrected chi connectivity index (χ3v) is 6.54. The van der Waals surface area contributed by atoms with E-state index in [1.807, 2.05) is 24.4 Å². The number of carbonyl (C=O) groups is 1. The number of anilines is 1. The van der Waals surface area contributed by atoms with Crippen molar-refractivity contribution in [3.05, 3.63) is 36.5 Å². The fourth-order valence-corrected chi connectivity index (χ4v) is 5.10. The van der Waals surface area contributed by atoms with Crippen molar-refractivity contribution >= 4 is 22.4 Å². The van der Waals surface area contributed by atoms with Crippen LogP contribution < -0.4 is 11.1 Å². The van der Waals surface area contributed by atoms with Crippen LogP contribution in [0, 0.1) is 17.8 Å². The second-order valence-corrected chi connectivity index (χ2v) is 8.11. The van der Waals surface area contributed by atoms with Crippen molar-refractivity contribution in [3.63, 3.8) is 0 Å². The normalized spacial score (nSPS) is 29.2. The maximum Gasteiger partial charge on any atom is 0.229 e. The third-order valence-electron chi connectivity index (χ3n) is 5.58. The van der Waals surface area contributed by atoms with Gasteiger partial charge in [0.05, 0.1) is 4.88 Å². The SMILES string of the molecule is NC1C2CCCC1CC(C(=O)Nc1ncc(-c3ccccc3)s1)C2. The highest BCUT2D eigenvalue weighted by Gasteiger charge is 2.40. The maximum atomic E-state index is 12.7. The fourth-order valence-electron chi connectivity index (χ4n) is 4.28. The summed E-state index contributed by atoms with van der Waals surface area (Å²) in [7, 11) is 0. The van der Waals surface area contributed by atoms with E-state index in [4.69, 9.17) is 5.73 Å². The van der Waals surface area contributed by atoms with Gasteiger partial charge in [0.15, 0.2) is 5.13 Å². The van der Waals surface area contributed by atoms with Gasteiger partial charge in [-0.2, -0.15) is 0 Å². The Labute approximate surface area is 146 Å². The Morgan fingerprint density at radius 3 is 2.58 bits per heavy atom. The molecule has 4 rings (SSSR count). The van der Waals surface area contributed by atoms with Gasteiger partial charge in [0, 0.05) is 18.2 Å². The van der Waals surface area contributed by atoms with Crippen LogP contribution in [0.5, 0.6) is 0 Å². The Balaban J connectivity index is 1.42. The third kappa shape index (κ3) is 3.10. The highest BCUT2D eigenvalue weighted by atomic mass is 32.1. The number of rotatable bonds is 3. The Hall–Kier alpha value is -1.72. The van der Waals surface area contributed by atoms with Gasteiger partial charge < -0.3 is 11.1 Å². The van der Waals surface area contributed by atoms with Crippen molar-refractivity contribution in [3.8, 4) is 10.4 Å². The number of hydrogen-bond donors (Lipinski definition) is 2. The van der Waals surface area contributed by atoms with Crippen LogP contribution >= 0.6 is 11.3 Å². The predicted octanol–water partition coefficient (Wildman–Crippen LogP) is 3.90. The Kier molecular flexibility index (Phi) is 4.37. The average Bonchev–Trinajstić information content (AvgIpc) is 3.04. The minimum Gasteiger partial charge on any atom is -0.327 e. The minimum atomic E-state index is 0.0872. The molecule has 1 aromatic carbocycles. The van der Waals surface area contributed by atoms with Crippen LogP contribution in [0.25, 0.3) is 10.4 Å². The van der Waals surface area contributed by atoms with Crippen molar-refractivity contribution in [1.82, 2.24) is 4.98 Å². The fraction of sp³-hybridized carbons (Fsp3) is 0.474. The summed E-state index contributed by atoms with van der Waals surface area (Å²) in [6.07, 6.45) is 7.32. The highest BCUT2D eigenvalue weighted by molar-refractivity contribution is 7.19. The Bertz CT molecular complexity index is 700. The summed E-state index contributed by atoms with van der Waals surface area (Å²) in [6.45, 7) is 0. The van der Waals surface area contributed by atoms with E-state index >= 15 is 0 Å². The van der Waals surface area contributed by atoms with E-state index in [0.29, 0.717) is 23.0 Å². The van der Waals surface area contributed by atoms with Crippen LogP contribution in [0.1, 0.15) is 32.1 Å². The molecule has 2 aromatic rings. The Morgan fingerprint density at radius 2 is 1.88 bits per heavy atom. The van der Waals surface area contributed by atoms with E-state index in [9.17, 15) is 4.79 Å². The molecule has 0 saturated heterocycles. The van der Waals surface area contributed by atoms with Crippen molar-refractivity contribution in [1.29, 1.82) is 0 Å². The number of nitrogens with one attached hydrogen (secondary N) is 1. The van der Waals surface area contributed by atoms with Crippen LogP contribution in [-0.4, -0.2) is 16.9 Å². The first-order valence-corrected chi connectivity index (χ1v) is 9.60. The lowest BCUT2D eigenvalue weighted by Crippen LogP contribution is -2.48. The van der Waals surface area contributed by atoms with E-state index < -0.39 is 0 Å². The summed E-state index contributed by atoms with van der Waals surface area (Å²) in [5.41, 5.74) is 7.46. The first-order valence-electron chi connectivity index (χ1n) is 8.78. The summed E-state index contributed by atoms with van der Waals surface area (Å²) in [5.74, 6) is 1.24. The second kappa shape index (κ2) is 6.65. The van der Waals surface area contributed by atoms with Gasteiger partial charge in [-0.05, 0) is 43.1 Å². The lowest BCUT2D eigenvalue weighted by atomic mass is 9.65. The summed E-state index contributed by atoms with van der Waals surface area (Å²) in [5, 5.41) is 3.73. The molecule has 1 aromatic heterocycles. The van der Waals surface area contributed by atoms with Crippen molar-refractivity contribution < 1.29 is 4.79 Å². The van der Waals surface area contributed by atoms with Gasteiger partial charge in [-0.25, -0.2) is 4.98 Å². The molecule has 0 spiro atoms. The standard InChI is InChI=1S/C19H23N3OS/c20-17-13-7-4-8-14(17)10-15(9-13)18(23)22-19-21-11-16(24-19)12-5-2-1-3-6-12/h1-3,5-6,11,13-15,17H,4,7-10,20H2,(H,21,22,23). The molecule has 3 N–H and O–H groups in total. The zero-order chi connectivity index (χ0) is 16.5. The van der Waals surface area contributed by atoms with Crippen LogP contribution in [0.4, 0.5) is 5.13 Å². The lowest BCUT2D eigenvalue weighted by molar-refractivity contribution is -0.122. The Morgan fingerprint density at radius 1 is 1.17 bits per heavy atom. The number of nitrogens with zero attached hydrogens (tertiary/aromatic N) is 1. The molecule has 1 heterocycles. The number of fused-ring (bicyclic) bond motifs is 2. The molecule has 2 fully saturated rings. The van der Waals surface area contributed by atoms with Gasteiger partial charge in [-0.3, -0.25) is 4.79 Å². The second-order valence-electron chi connectivity index (χ2n) is 7.08. The molecule has 2 aliphatic carbocycles. The number of benzene rings is 1.